The van der Waals surface area contributed by atoms with Gasteiger partial charge in [-0.05, 0) is 30.9 Å². The molecule has 0 spiro atoms. The van der Waals surface area contributed by atoms with Crippen molar-refractivity contribution in [3.05, 3.63) is 49.8 Å². The smallest absolute Gasteiger partial charge is 0.348 e. The van der Waals surface area contributed by atoms with Crippen molar-refractivity contribution in [1.29, 1.82) is 0 Å². The molecule has 27 heavy (non-hydrogen) atoms. The van der Waals surface area contributed by atoms with E-state index in [4.69, 9.17) is 9.26 Å². The fourth-order valence-electron chi connectivity index (χ4n) is 2.64. The van der Waals surface area contributed by atoms with E-state index in [1.54, 1.807) is 13.8 Å². The number of hydrogen-bond donors (Lipinski definition) is 0. The monoisotopic (exact) mass is 402 g/mol. The molecule has 0 aliphatic heterocycles. The zero-order valence-electron chi connectivity index (χ0n) is 14.5. The zero-order valence-corrected chi connectivity index (χ0v) is 16.1. The van der Waals surface area contributed by atoms with E-state index in [1.165, 1.54) is 22.2 Å². The highest BCUT2D eigenvalue weighted by atomic mass is 32.1. The molecule has 8 nitrogen and oxygen atoms in total. The van der Waals surface area contributed by atoms with Crippen LogP contribution in [0.25, 0.3) is 21.6 Å². The molecule has 0 saturated heterocycles. The summed E-state index contributed by atoms with van der Waals surface area (Å²) in [4.78, 5) is 34.4. The molecule has 0 unspecified atom stereocenters. The van der Waals surface area contributed by atoms with E-state index in [1.807, 2.05) is 16.8 Å². The minimum absolute atomic E-state index is 0.100. The van der Waals surface area contributed by atoms with Crippen LogP contribution in [-0.4, -0.2) is 32.3 Å². The van der Waals surface area contributed by atoms with E-state index >= 15 is 0 Å². The predicted molar refractivity (Wildman–Crippen MR) is 101 cm³/mol. The number of carbonyl (C=O) groups excluding carboxylic acids is 1. The Bertz CT molecular complexity index is 1170. The Balaban J connectivity index is 1.69. The van der Waals surface area contributed by atoms with Gasteiger partial charge in [0.1, 0.15) is 16.3 Å². The van der Waals surface area contributed by atoms with Crippen LogP contribution < -0.4 is 5.56 Å². The summed E-state index contributed by atoms with van der Waals surface area (Å²) in [6, 6.07) is 1.89. The van der Waals surface area contributed by atoms with E-state index in [-0.39, 0.29) is 18.7 Å². The second-order valence-corrected chi connectivity index (χ2v) is 7.44. The maximum absolute atomic E-state index is 12.9. The van der Waals surface area contributed by atoms with Crippen LogP contribution in [0.4, 0.5) is 0 Å². The molecular weight excluding hydrogens is 388 g/mol. The summed E-state index contributed by atoms with van der Waals surface area (Å²) in [5.74, 6) is 0.337. The van der Waals surface area contributed by atoms with Crippen LogP contribution in [0.5, 0.6) is 0 Å². The van der Waals surface area contributed by atoms with E-state index in [9.17, 15) is 9.59 Å². The van der Waals surface area contributed by atoms with Crippen LogP contribution in [0.2, 0.25) is 0 Å². The lowest BCUT2D eigenvalue weighted by Gasteiger charge is -2.02. The maximum Gasteiger partial charge on any atom is 0.348 e. The molecule has 0 aromatic carbocycles. The van der Waals surface area contributed by atoms with Crippen molar-refractivity contribution in [2.24, 2.45) is 0 Å². The van der Waals surface area contributed by atoms with E-state index < -0.39 is 5.97 Å². The van der Waals surface area contributed by atoms with Gasteiger partial charge in [0.2, 0.25) is 11.7 Å². The van der Waals surface area contributed by atoms with E-state index in [0.717, 1.165) is 16.9 Å². The third-order valence-electron chi connectivity index (χ3n) is 3.93. The third kappa shape index (κ3) is 3.17. The summed E-state index contributed by atoms with van der Waals surface area (Å²) in [6.45, 7) is 3.83. The first kappa shape index (κ1) is 17.6. The fraction of sp³-hybridized carbons (Fsp3) is 0.235. The number of rotatable bonds is 5. The molecule has 0 fully saturated rings. The highest BCUT2D eigenvalue weighted by molar-refractivity contribution is 7.20. The summed E-state index contributed by atoms with van der Waals surface area (Å²) >= 11 is 2.69. The highest BCUT2D eigenvalue weighted by Gasteiger charge is 2.21. The minimum Gasteiger partial charge on any atom is -0.462 e. The van der Waals surface area contributed by atoms with Crippen LogP contribution in [-0.2, 0) is 11.3 Å². The van der Waals surface area contributed by atoms with E-state index in [2.05, 4.69) is 15.1 Å². The lowest BCUT2D eigenvalue weighted by molar-refractivity contribution is 0.0531. The molecule has 4 rings (SSSR count). The predicted octanol–water partition coefficient (Wildman–Crippen LogP) is 3.10. The molecule has 0 radical (unpaired) electrons. The molecule has 4 aromatic rings. The average Bonchev–Trinajstić information content (AvgIpc) is 3.38. The van der Waals surface area contributed by atoms with Gasteiger partial charge in [-0.3, -0.25) is 9.36 Å². The molecule has 0 atom stereocenters. The number of aryl methyl sites for hydroxylation is 1. The average molecular weight is 402 g/mol. The summed E-state index contributed by atoms with van der Waals surface area (Å²) in [5.41, 5.74) is 1.17. The standard InChI is InChI=1S/C17H14N4O4S2/c1-3-24-17(23)13-9(2)12-15(27-13)18-8-21(16(12)22)6-11-19-14(20-25-11)10-4-5-26-7-10/h4-5,7-8H,3,6H2,1-2H3. The Hall–Kier alpha value is -2.85. The Labute approximate surface area is 161 Å². The molecule has 0 aliphatic rings. The van der Waals surface area contributed by atoms with Gasteiger partial charge in [-0.15, -0.1) is 11.3 Å². The summed E-state index contributed by atoms with van der Waals surface area (Å²) in [6.07, 6.45) is 1.42. The summed E-state index contributed by atoms with van der Waals surface area (Å²) < 4.78 is 11.7. The topological polar surface area (TPSA) is 100 Å². The third-order valence-corrected chi connectivity index (χ3v) is 5.79. The van der Waals surface area contributed by atoms with Gasteiger partial charge in [0.15, 0.2) is 0 Å². The van der Waals surface area contributed by atoms with Crippen molar-refractivity contribution >= 4 is 38.9 Å². The van der Waals surface area contributed by atoms with Crippen LogP contribution in [0, 0.1) is 6.92 Å². The number of ether oxygens (including phenoxy) is 1. The molecule has 0 N–H and O–H groups in total. The summed E-state index contributed by atoms with van der Waals surface area (Å²) in [7, 11) is 0. The summed E-state index contributed by atoms with van der Waals surface area (Å²) in [5, 5.41) is 8.18. The van der Waals surface area contributed by atoms with Gasteiger partial charge in [-0.2, -0.15) is 16.3 Å². The molecule has 4 heterocycles. The van der Waals surface area contributed by atoms with Crippen molar-refractivity contribution in [1.82, 2.24) is 19.7 Å². The molecule has 10 heteroatoms. The van der Waals surface area contributed by atoms with Gasteiger partial charge in [-0.25, -0.2) is 9.78 Å². The van der Waals surface area contributed by atoms with Crippen LogP contribution in [0.3, 0.4) is 0 Å². The Kier molecular flexibility index (Phi) is 4.58. The second kappa shape index (κ2) is 7.05. The number of thiophene rings is 2. The molecule has 4 aromatic heterocycles. The van der Waals surface area contributed by atoms with Gasteiger partial charge in [0.05, 0.1) is 18.3 Å². The largest absolute Gasteiger partial charge is 0.462 e. The first-order valence-corrected chi connectivity index (χ1v) is 9.85. The van der Waals surface area contributed by atoms with Gasteiger partial charge in [0, 0.05) is 10.9 Å². The number of carbonyl (C=O) groups is 1. The van der Waals surface area contributed by atoms with Crippen molar-refractivity contribution in [2.45, 2.75) is 20.4 Å². The first-order chi connectivity index (χ1) is 13.1. The number of fused-ring (bicyclic) bond motifs is 1. The molecular formula is C17H14N4O4S2. The zero-order chi connectivity index (χ0) is 19.0. The van der Waals surface area contributed by atoms with Gasteiger partial charge < -0.3 is 9.26 Å². The fourth-order valence-corrected chi connectivity index (χ4v) is 4.30. The Morgan fingerprint density at radius 1 is 1.41 bits per heavy atom. The molecule has 0 amide bonds. The second-order valence-electron chi connectivity index (χ2n) is 5.66. The molecule has 138 valence electrons. The maximum atomic E-state index is 12.9. The number of aromatic nitrogens is 4. The van der Waals surface area contributed by atoms with Gasteiger partial charge >= 0.3 is 5.97 Å². The van der Waals surface area contributed by atoms with Crippen molar-refractivity contribution in [2.75, 3.05) is 6.61 Å². The SMILES string of the molecule is CCOC(=O)c1sc2ncn(Cc3nc(-c4ccsc4)no3)c(=O)c2c1C. The van der Waals surface area contributed by atoms with Crippen molar-refractivity contribution in [3.63, 3.8) is 0 Å². The number of esters is 1. The quantitative estimate of drug-likeness (QED) is 0.473. The van der Waals surface area contributed by atoms with Crippen LogP contribution in [0.15, 0.2) is 32.5 Å². The highest BCUT2D eigenvalue weighted by Crippen LogP contribution is 2.27. The number of hydrogen-bond acceptors (Lipinski definition) is 9. The van der Waals surface area contributed by atoms with E-state index in [0.29, 0.717) is 32.4 Å². The lowest BCUT2D eigenvalue weighted by Crippen LogP contribution is -2.21. The molecule has 0 saturated carbocycles. The molecule has 0 aliphatic carbocycles. The van der Waals surface area contributed by atoms with Crippen molar-refractivity contribution < 1.29 is 14.1 Å². The van der Waals surface area contributed by atoms with Gasteiger partial charge in [0.25, 0.3) is 5.56 Å². The minimum atomic E-state index is -0.443. The normalized spacial score (nSPS) is 11.2. The van der Waals surface area contributed by atoms with Crippen LogP contribution >= 0.6 is 22.7 Å². The Morgan fingerprint density at radius 3 is 3.00 bits per heavy atom. The van der Waals surface area contributed by atoms with Crippen LogP contribution in [0.1, 0.15) is 28.0 Å². The Morgan fingerprint density at radius 2 is 2.26 bits per heavy atom. The van der Waals surface area contributed by atoms with Crippen molar-refractivity contribution in [3.8, 4) is 11.4 Å². The van der Waals surface area contributed by atoms with Gasteiger partial charge in [-0.1, -0.05) is 5.16 Å². The lowest BCUT2D eigenvalue weighted by atomic mass is 10.2. The number of nitrogens with zero attached hydrogens (tertiary/aromatic N) is 4. The molecule has 0 bridgehead atoms. The first-order valence-electron chi connectivity index (χ1n) is 8.09.